The lowest BCUT2D eigenvalue weighted by Crippen LogP contribution is -2.41. The summed E-state index contributed by atoms with van der Waals surface area (Å²) in [7, 11) is 1.31. The van der Waals surface area contributed by atoms with Gasteiger partial charge in [0.25, 0.3) is 0 Å². The highest BCUT2D eigenvalue weighted by molar-refractivity contribution is 8.00. The number of carbonyl (C=O) groups is 3. The molecule has 102 valence electrons. The van der Waals surface area contributed by atoms with E-state index in [4.69, 9.17) is 5.11 Å². The second-order valence-corrected chi connectivity index (χ2v) is 5.05. The average molecular weight is 275 g/mol. The van der Waals surface area contributed by atoms with Crippen LogP contribution in [0.4, 0.5) is 0 Å². The average Bonchev–Trinajstić information content (AvgIpc) is 2.38. The van der Waals surface area contributed by atoms with Crippen LogP contribution in [0.15, 0.2) is 0 Å². The van der Waals surface area contributed by atoms with Gasteiger partial charge in [0.2, 0.25) is 5.91 Å². The highest BCUT2D eigenvalue weighted by atomic mass is 32.2. The highest BCUT2D eigenvalue weighted by Gasteiger charge is 2.26. The molecule has 0 unspecified atom stereocenters. The number of carbonyl (C=O) groups excluding carboxylic acids is 2. The van der Waals surface area contributed by atoms with Crippen molar-refractivity contribution >= 4 is 29.6 Å². The SMILES string of the molecule is COC(=O)CSCC(=O)N1CCC(C(=O)O)CC1. The molecule has 1 N–H and O–H groups in total. The molecule has 0 saturated carbocycles. The molecule has 0 radical (unpaired) electrons. The van der Waals surface area contributed by atoms with Crippen LogP contribution in [0, 0.1) is 5.92 Å². The summed E-state index contributed by atoms with van der Waals surface area (Å²) in [6.45, 7) is 0.961. The predicted molar refractivity (Wildman–Crippen MR) is 66.3 cm³/mol. The maximum atomic E-state index is 11.7. The number of rotatable bonds is 5. The zero-order valence-electron chi connectivity index (χ0n) is 10.3. The smallest absolute Gasteiger partial charge is 0.315 e. The molecular weight excluding hydrogens is 258 g/mol. The number of likely N-dealkylation sites (tertiary alicyclic amines) is 1. The van der Waals surface area contributed by atoms with Crippen LogP contribution in [0.2, 0.25) is 0 Å². The Morgan fingerprint density at radius 1 is 1.28 bits per heavy atom. The van der Waals surface area contributed by atoms with Crippen LogP contribution < -0.4 is 0 Å². The number of aliphatic carboxylic acids is 1. The molecule has 1 saturated heterocycles. The summed E-state index contributed by atoms with van der Waals surface area (Å²) in [5, 5.41) is 8.83. The molecule has 0 aromatic rings. The number of piperidine rings is 1. The molecule has 1 aliphatic rings. The summed E-state index contributed by atoms with van der Waals surface area (Å²) >= 11 is 1.21. The van der Waals surface area contributed by atoms with Gasteiger partial charge in [0.1, 0.15) is 0 Å². The Kier molecular flexibility index (Phi) is 5.97. The van der Waals surface area contributed by atoms with Crippen molar-refractivity contribution in [3.63, 3.8) is 0 Å². The Morgan fingerprint density at radius 3 is 2.39 bits per heavy atom. The lowest BCUT2D eigenvalue weighted by atomic mass is 9.97. The van der Waals surface area contributed by atoms with Crippen molar-refractivity contribution < 1.29 is 24.2 Å². The van der Waals surface area contributed by atoms with Gasteiger partial charge in [-0.3, -0.25) is 14.4 Å². The van der Waals surface area contributed by atoms with E-state index in [-0.39, 0.29) is 29.3 Å². The molecule has 0 aliphatic carbocycles. The summed E-state index contributed by atoms with van der Waals surface area (Å²) < 4.78 is 4.47. The quantitative estimate of drug-likeness (QED) is 0.722. The molecule has 1 aliphatic heterocycles. The van der Waals surface area contributed by atoms with E-state index in [1.807, 2.05) is 0 Å². The second-order valence-electron chi connectivity index (χ2n) is 4.06. The Labute approximate surface area is 110 Å². The van der Waals surface area contributed by atoms with Crippen LogP contribution in [0.1, 0.15) is 12.8 Å². The van der Waals surface area contributed by atoms with E-state index in [2.05, 4.69) is 4.74 Å². The zero-order chi connectivity index (χ0) is 13.5. The number of ether oxygens (including phenoxy) is 1. The van der Waals surface area contributed by atoms with E-state index in [0.29, 0.717) is 25.9 Å². The Bertz CT molecular complexity index is 325. The van der Waals surface area contributed by atoms with E-state index in [9.17, 15) is 14.4 Å². The van der Waals surface area contributed by atoms with Gasteiger partial charge in [-0.1, -0.05) is 0 Å². The fourth-order valence-electron chi connectivity index (χ4n) is 1.75. The van der Waals surface area contributed by atoms with Gasteiger partial charge < -0.3 is 14.7 Å². The highest BCUT2D eigenvalue weighted by Crippen LogP contribution is 2.18. The van der Waals surface area contributed by atoms with Crippen molar-refractivity contribution in [3.05, 3.63) is 0 Å². The van der Waals surface area contributed by atoms with Gasteiger partial charge in [0.15, 0.2) is 0 Å². The first-order valence-electron chi connectivity index (χ1n) is 5.69. The van der Waals surface area contributed by atoms with Gasteiger partial charge in [-0.05, 0) is 12.8 Å². The van der Waals surface area contributed by atoms with Crippen molar-refractivity contribution in [2.45, 2.75) is 12.8 Å². The number of carboxylic acids is 1. The number of hydrogen-bond donors (Lipinski definition) is 1. The van der Waals surface area contributed by atoms with Crippen molar-refractivity contribution in [2.75, 3.05) is 31.7 Å². The number of thioether (sulfide) groups is 1. The number of methoxy groups -OCH3 is 1. The van der Waals surface area contributed by atoms with Gasteiger partial charge >= 0.3 is 11.9 Å². The maximum Gasteiger partial charge on any atom is 0.315 e. The van der Waals surface area contributed by atoms with Crippen LogP contribution in [0.25, 0.3) is 0 Å². The third kappa shape index (κ3) is 4.56. The molecule has 0 spiro atoms. The van der Waals surface area contributed by atoms with Crippen molar-refractivity contribution in [1.29, 1.82) is 0 Å². The molecule has 1 amide bonds. The monoisotopic (exact) mass is 275 g/mol. The fourth-order valence-corrected chi connectivity index (χ4v) is 2.49. The number of esters is 1. The van der Waals surface area contributed by atoms with E-state index >= 15 is 0 Å². The van der Waals surface area contributed by atoms with E-state index < -0.39 is 5.97 Å². The molecular formula is C11H17NO5S. The lowest BCUT2D eigenvalue weighted by Gasteiger charge is -2.30. The zero-order valence-corrected chi connectivity index (χ0v) is 11.1. The minimum Gasteiger partial charge on any atom is -0.481 e. The normalized spacial score (nSPS) is 16.4. The molecule has 1 rings (SSSR count). The van der Waals surface area contributed by atoms with Crippen molar-refractivity contribution in [3.8, 4) is 0 Å². The van der Waals surface area contributed by atoms with Crippen molar-refractivity contribution in [1.82, 2.24) is 4.90 Å². The summed E-state index contributed by atoms with van der Waals surface area (Å²) in [4.78, 5) is 35.0. The molecule has 7 heteroatoms. The third-order valence-corrected chi connectivity index (χ3v) is 3.76. The maximum absolute atomic E-state index is 11.7. The number of nitrogens with zero attached hydrogens (tertiary/aromatic N) is 1. The molecule has 0 atom stereocenters. The molecule has 0 aromatic heterocycles. The van der Waals surface area contributed by atoms with Crippen LogP contribution in [-0.4, -0.2) is 59.6 Å². The standard InChI is InChI=1S/C11H17NO5S/c1-17-10(14)7-18-6-9(13)12-4-2-8(3-5-12)11(15)16/h8H,2-7H2,1H3,(H,15,16). The Balaban J connectivity index is 2.24. The summed E-state index contributed by atoms with van der Waals surface area (Å²) in [5.74, 6) is -1.13. The molecule has 1 fully saturated rings. The summed E-state index contributed by atoms with van der Waals surface area (Å²) in [6.07, 6.45) is 1.01. The number of carboxylic acid groups (broad SMARTS) is 1. The minimum atomic E-state index is -0.790. The minimum absolute atomic E-state index is 0.0484. The molecule has 18 heavy (non-hydrogen) atoms. The fraction of sp³-hybridized carbons (Fsp3) is 0.727. The lowest BCUT2D eigenvalue weighted by molar-refractivity contribution is -0.145. The second kappa shape index (κ2) is 7.25. The summed E-state index contributed by atoms with van der Waals surface area (Å²) in [5.41, 5.74) is 0. The number of hydrogen-bond acceptors (Lipinski definition) is 5. The van der Waals surface area contributed by atoms with Gasteiger partial charge in [0, 0.05) is 13.1 Å². The van der Waals surface area contributed by atoms with Crippen LogP contribution >= 0.6 is 11.8 Å². The Hall–Kier alpha value is -1.24. The topological polar surface area (TPSA) is 83.9 Å². The van der Waals surface area contributed by atoms with E-state index in [1.165, 1.54) is 18.9 Å². The first-order valence-corrected chi connectivity index (χ1v) is 6.85. The van der Waals surface area contributed by atoms with Crippen LogP contribution in [0.3, 0.4) is 0 Å². The van der Waals surface area contributed by atoms with Crippen LogP contribution in [-0.2, 0) is 19.1 Å². The molecule has 0 bridgehead atoms. The predicted octanol–water partition coefficient (Wildman–Crippen LogP) is 0.216. The largest absolute Gasteiger partial charge is 0.481 e. The van der Waals surface area contributed by atoms with Crippen LogP contribution in [0.5, 0.6) is 0 Å². The number of amides is 1. The van der Waals surface area contributed by atoms with Gasteiger partial charge in [-0.15, -0.1) is 11.8 Å². The first-order chi connectivity index (χ1) is 8.54. The molecule has 6 nitrogen and oxygen atoms in total. The molecule has 1 heterocycles. The Morgan fingerprint density at radius 2 is 1.89 bits per heavy atom. The van der Waals surface area contributed by atoms with Gasteiger partial charge in [-0.25, -0.2) is 0 Å². The first kappa shape index (κ1) is 14.8. The van der Waals surface area contributed by atoms with E-state index in [0.717, 1.165) is 0 Å². The third-order valence-electron chi connectivity index (χ3n) is 2.87. The van der Waals surface area contributed by atoms with Crippen molar-refractivity contribution in [2.24, 2.45) is 5.92 Å². The van der Waals surface area contributed by atoms with Gasteiger partial charge in [-0.2, -0.15) is 0 Å². The summed E-state index contributed by atoms with van der Waals surface area (Å²) in [6, 6.07) is 0. The van der Waals surface area contributed by atoms with Gasteiger partial charge in [0.05, 0.1) is 24.5 Å². The molecule has 0 aromatic carbocycles. The van der Waals surface area contributed by atoms with E-state index in [1.54, 1.807) is 4.90 Å².